The normalized spacial score (nSPS) is 27.3. The highest BCUT2D eigenvalue weighted by molar-refractivity contribution is 8.13. The Bertz CT molecular complexity index is 193. The van der Waals surface area contributed by atoms with E-state index < -0.39 is 0 Å². The van der Waals surface area contributed by atoms with Crippen LogP contribution in [0.15, 0.2) is 4.99 Å². The van der Waals surface area contributed by atoms with E-state index in [-0.39, 0.29) is 0 Å². The second-order valence-electron chi connectivity index (χ2n) is 3.82. The Morgan fingerprint density at radius 2 is 2.08 bits per heavy atom. The van der Waals surface area contributed by atoms with Crippen molar-refractivity contribution in [3.05, 3.63) is 0 Å². The zero-order valence-electron chi connectivity index (χ0n) is 7.79. The number of thioether (sulfide) groups is 1. The molecule has 2 rings (SSSR count). The van der Waals surface area contributed by atoms with Gasteiger partial charge in [0.05, 0.1) is 11.1 Å². The molecule has 0 bridgehead atoms. The van der Waals surface area contributed by atoms with Crippen molar-refractivity contribution >= 4 is 16.8 Å². The Hall–Kier alpha value is -0.0200. The van der Waals surface area contributed by atoms with Gasteiger partial charge in [0.15, 0.2) is 0 Å². The predicted molar refractivity (Wildman–Crippen MR) is 55.0 cm³/mol. The molecule has 0 aromatic carbocycles. The fourth-order valence-corrected chi connectivity index (χ4v) is 2.30. The topological polar surface area (TPSA) is 15.6 Å². The maximum atomic E-state index is 4.72. The minimum absolute atomic E-state index is 0.693. The lowest BCUT2D eigenvalue weighted by molar-refractivity contribution is 0.185. The predicted octanol–water partition coefficient (Wildman–Crippen LogP) is 1.47. The first-order valence-electron chi connectivity index (χ1n) is 4.60. The SMILES string of the molecule is CSC(=NC1CC1)C1CN(C)C1. The third kappa shape index (κ3) is 1.83. The summed E-state index contributed by atoms with van der Waals surface area (Å²) in [5.74, 6) is 0.755. The van der Waals surface area contributed by atoms with Gasteiger partial charge >= 0.3 is 0 Å². The fourth-order valence-electron chi connectivity index (χ4n) is 1.56. The van der Waals surface area contributed by atoms with E-state index in [1.807, 2.05) is 11.8 Å². The first-order chi connectivity index (χ1) is 5.79. The summed E-state index contributed by atoms with van der Waals surface area (Å²) in [5.41, 5.74) is 0. The van der Waals surface area contributed by atoms with Crippen LogP contribution in [0.5, 0.6) is 0 Å². The van der Waals surface area contributed by atoms with Crippen molar-refractivity contribution in [2.75, 3.05) is 26.4 Å². The molecule has 0 atom stereocenters. The van der Waals surface area contributed by atoms with Gasteiger partial charge < -0.3 is 4.90 Å². The minimum Gasteiger partial charge on any atom is -0.305 e. The van der Waals surface area contributed by atoms with E-state index in [0.29, 0.717) is 6.04 Å². The lowest BCUT2D eigenvalue weighted by Gasteiger charge is -2.36. The van der Waals surface area contributed by atoms with Crippen LogP contribution in [0.4, 0.5) is 0 Å². The van der Waals surface area contributed by atoms with Crippen molar-refractivity contribution in [1.82, 2.24) is 4.90 Å². The van der Waals surface area contributed by atoms with Crippen LogP contribution in [0, 0.1) is 5.92 Å². The summed E-state index contributed by atoms with van der Waals surface area (Å²) in [6.07, 6.45) is 4.80. The Morgan fingerprint density at radius 1 is 1.42 bits per heavy atom. The maximum Gasteiger partial charge on any atom is 0.0733 e. The third-order valence-corrected chi connectivity index (χ3v) is 3.34. The molecule has 3 heteroatoms. The van der Waals surface area contributed by atoms with Gasteiger partial charge in [-0.2, -0.15) is 0 Å². The Morgan fingerprint density at radius 3 is 2.50 bits per heavy atom. The van der Waals surface area contributed by atoms with Gasteiger partial charge in [-0.05, 0) is 26.1 Å². The molecule has 0 amide bonds. The summed E-state index contributed by atoms with van der Waals surface area (Å²) < 4.78 is 0. The van der Waals surface area contributed by atoms with E-state index in [2.05, 4.69) is 18.2 Å². The first kappa shape index (κ1) is 8.57. The van der Waals surface area contributed by atoms with Gasteiger partial charge in [-0.15, -0.1) is 11.8 Å². The summed E-state index contributed by atoms with van der Waals surface area (Å²) in [6, 6.07) is 0.693. The molecule has 0 unspecified atom stereocenters. The van der Waals surface area contributed by atoms with Crippen molar-refractivity contribution in [1.29, 1.82) is 0 Å². The van der Waals surface area contributed by atoms with Crippen LogP contribution in [-0.2, 0) is 0 Å². The van der Waals surface area contributed by atoms with Gasteiger partial charge in [0.25, 0.3) is 0 Å². The number of aliphatic imine (C=N–C) groups is 1. The molecule has 12 heavy (non-hydrogen) atoms. The average molecular weight is 184 g/mol. The third-order valence-electron chi connectivity index (χ3n) is 2.48. The molecule has 0 aromatic rings. The van der Waals surface area contributed by atoms with Crippen LogP contribution in [0.2, 0.25) is 0 Å². The number of hydrogen-bond donors (Lipinski definition) is 0. The molecule has 1 saturated heterocycles. The summed E-state index contributed by atoms with van der Waals surface area (Å²) in [4.78, 5) is 7.07. The van der Waals surface area contributed by atoms with E-state index in [4.69, 9.17) is 4.99 Å². The number of likely N-dealkylation sites (tertiary alicyclic amines) is 1. The molecular weight excluding hydrogens is 168 g/mol. The maximum absolute atomic E-state index is 4.72. The number of nitrogens with zero attached hydrogens (tertiary/aromatic N) is 2. The quantitative estimate of drug-likeness (QED) is 0.477. The van der Waals surface area contributed by atoms with Crippen molar-refractivity contribution in [2.45, 2.75) is 18.9 Å². The molecule has 2 nitrogen and oxygen atoms in total. The van der Waals surface area contributed by atoms with E-state index >= 15 is 0 Å². The van der Waals surface area contributed by atoms with Gasteiger partial charge in [-0.1, -0.05) is 0 Å². The molecule has 0 radical (unpaired) electrons. The van der Waals surface area contributed by atoms with Crippen LogP contribution in [-0.4, -0.2) is 42.4 Å². The highest BCUT2D eigenvalue weighted by Gasteiger charge is 2.30. The number of rotatable bonds is 2. The van der Waals surface area contributed by atoms with E-state index in [9.17, 15) is 0 Å². The van der Waals surface area contributed by atoms with E-state index in [1.54, 1.807) is 0 Å². The second-order valence-corrected chi connectivity index (χ2v) is 4.65. The van der Waals surface area contributed by atoms with Crippen LogP contribution in [0.1, 0.15) is 12.8 Å². The van der Waals surface area contributed by atoms with Gasteiger partial charge in [0.2, 0.25) is 0 Å². The molecule has 68 valence electrons. The summed E-state index contributed by atoms with van der Waals surface area (Å²) >= 11 is 1.85. The molecule has 1 heterocycles. The van der Waals surface area contributed by atoms with Crippen molar-refractivity contribution in [2.24, 2.45) is 10.9 Å². The minimum atomic E-state index is 0.693. The summed E-state index contributed by atoms with van der Waals surface area (Å²) in [5, 5.41) is 1.40. The van der Waals surface area contributed by atoms with Crippen molar-refractivity contribution in [3.63, 3.8) is 0 Å². The van der Waals surface area contributed by atoms with Crippen molar-refractivity contribution < 1.29 is 0 Å². The summed E-state index contributed by atoms with van der Waals surface area (Å²) in [7, 11) is 2.17. The van der Waals surface area contributed by atoms with E-state index in [0.717, 1.165) is 5.92 Å². The van der Waals surface area contributed by atoms with E-state index in [1.165, 1.54) is 31.0 Å². The largest absolute Gasteiger partial charge is 0.305 e. The number of hydrogen-bond acceptors (Lipinski definition) is 3. The standard InChI is InChI=1S/C9H16N2S/c1-11-5-7(6-11)9(12-2)10-8-3-4-8/h7-8H,3-6H2,1-2H3. The molecular formula is C9H16N2S. The van der Waals surface area contributed by atoms with Gasteiger partial charge in [0, 0.05) is 19.0 Å². The molecule has 2 aliphatic rings. The smallest absolute Gasteiger partial charge is 0.0733 e. The Balaban J connectivity index is 1.89. The zero-order valence-corrected chi connectivity index (χ0v) is 8.60. The van der Waals surface area contributed by atoms with Gasteiger partial charge in [-0.3, -0.25) is 4.99 Å². The van der Waals surface area contributed by atoms with Crippen LogP contribution < -0.4 is 0 Å². The van der Waals surface area contributed by atoms with Gasteiger partial charge in [0.1, 0.15) is 0 Å². The first-order valence-corrected chi connectivity index (χ1v) is 5.82. The van der Waals surface area contributed by atoms with Crippen LogP contribution in [0.3, 0.4) is 0 Å². The average Bonchev–Trinajstić information content (AvgIpc) is 2.78. The molecule has 2 fully saturated rings. The monoisotopic (exact) mass is 184 g/mol. The molecule has 0 aromatic heterocycles. The second kappa shape index (κ2) is 3.38. The molecule has 1 saturated carbocycles. The fraction of sp³-hybridized carbons (Fsp3) is 0.889. The zero-order chi connectivity index (χ0) is 8.55. The highest BCUT2D eigenvalue weighted by Crippen LogP contribution is 2.28. The highest BCUT2D eigenvalue weighted by atomic mass is 32.2. The Labute approximate surface area is 78.4 Å². The molecule has 1 aliphatic carbocycles. The summed E-state index contributed by atoms with van der Waals surface area (Å²) in [6.45, 7) is 2.43. The van der Waals surface area contributed by atoms with Crippen molar-refractivity contribution in [3.8, 4) is 0 Å². The van der Waals surface area contributed by atoms with Gasteiger partial charge in [-0.25, -0.2) is 0 Å². The van der Waals surface area contributed by atoms with Crippen LogP contribution >= 0.6 is 11.8 Å². The van der Waals surface area contributed by atoms with Crippen LogP contribution in [0.25, 0.3) is 0 Å². The lowest BCUT2D eigenvalue weighted by Crippen LogP contribution is -2.47. The molecule has 0 N–H and O–H groups in total. The molecule has 0 spiro atoms. The lowest BCUT2D eigenvalue weighted by atomic mass is 10.0. The molecule has 1 aliphatic heterocycles. The Kier molecular flexibility index (Phi) is 2.42.